The highest BCUT2D eigenvalue weighted by Crippen LogP contribution is 2.28. The van der Waals surface area contributed by atoms with Crippen LogP contribution in [0.25, 0.3) is 6.08 Å². The molecule has 3 N–H and O–H groups in total. The minimum atomic E-state index is -0.191. The summed E-state index contributed by atoms with van der Waals surface area (Å²) >= 11 is 6.37. The summed E-state index contributed by atoms with van der Waals surface area (Å²) in [6, 6.07) is 23.7. The minimum absolute atomic E-state index is 0.191. The van der Waals surface area contributed by atoms with Gasteiger partial charge in [-0.25, -0.2) is 4.98 Å². The fourth-order valence-corrected chi connectivity index (χ4v) is 3.92. The molecule has 0 fully saturated rings. The van der Waals surface area contributed by atoms with E-state index in [-0.39, 0.29) is 5.91 Å². The van der Waals surface area contributed by atoms with Gasteiger partial charge in [0.15, 0.2) is 5.82 Å². The van der Waals surface area contributed by atoms with Crippen LogP contribution in [0.1, 0.15) is 16.7 Å². The Labute approximate surface area is 202 Å². The third-order valence-electron chi connectivity index (χ3n) is 5.38. The van der Waals surface area contributed by atoms with Crippen LogP contribution in [-0.2, 0) is 17.6 Å². The van der Waals surface area contributed by atoms with E-state index in [1.54, 1.807) is 12.3 Å². The molecule has 4 aromatic rings. The molecule has 1 aromatic heterocycles. The van der Waals surface area contributed by atoms with Crippen molar-refractivity contribution in [2.24, 2.45) is 0 Å². The maximum Gasteiger partial charge on any atom is 0.248 e. The lowest BCUT2D eigenvalue weighted by Gasteiger charge is -2.12. The highest BCUT2D eigenvalue weighted by atomic mass is 35.5. The van der Waals surface area contributed by atoms with Gasteiger partial charge in [-0.3, -0.25) is 4.79 Å². The molecule has 3 aromatic carbocycles. The number of benzene rings is 3. The number of nitrogens with zero attached hydrogens (tertiary/aromatic N) is 2. The lowest BCUT2D eigenvalue weighted by molar-refractivity contribution is -0.111. The first-order valence-corrected chi connectivity index (χ1v) is 11.3. The van der Waals surface area contributed by atoms with Gasteiger partial charge in [0.1, 0.15) is 5.02 Å². The Kier molecular flexibility index (Phi) is 6.23. The molecule has 1 amide bonds. The summed E-state index contributed by atoms with van der Waals surface area (Å²) in [5.41, 5.74) is 5.74. The summed E-state index contributed by atoms with van der Waals surface area (Å²) in [6.45, 7) is 0. The van der Waals surface area contributed by atoms with Gasteiger partial charge in [0.25, 0.3) is 0 Å². The first kappa shape index (κ1) is 21.7. The second kappa shape index (κ2) is 9.77. The summed E-state index contributed by atoms with van der Waals surface area (Å²) in [6.07, 6.45) is 6.62. The van der Waals surface area contributed by atoms with Gasteiger partial charge in [-0.15, -0.1) is 0 Å². The predicted molar refractivity (Wildman–Crippen MR) is 138 cm³/mol. The number of nitrogens with one attached hydrogen (secondary N) is 3. The number of amides is 1. The number of para-hydroxylation sites is 1. The van der Waals surface area contributed by atoms with Crippen molar-refractivity contribution < 1.29 is 4.79 Å². The summed E-state index contributed by atoms with van der Waals surface area (Å²) in [5.74, 6) is 0.768. The minimum Gasteiger partial charge on any atom is -0.339 e. The number of anilines is 5. The lowest BCUT2D eigenvalue weighted by atomic mass is 10.0. The number of halogens is 1. The number of carbonyl (C=O) groups is 1. The summed E-state index contributed by atoms with van der Waals surface area (Å²) in [5, 5.41) is 9.83. The molecule has 2 heterocycles. The Morgan fingerprint density at radius 1 is 0.912 bits per heavy atom. The molecule has 0 saturated carbocycles. The zero-order valence-corrected chi connectivity index (χ0v) is 19.0. The normalized spacial score (nSPS) is 12.5. The van der Waals surface area contributed by atoms with Gasteiger partial charge < -0.3 is 16.0 Å². The number of aryl methyl sites for hydroxylation is 2. The highest BCUT2D eigenvalue weighted by Gasteiger charge is 2.10. The molecule has 0 atom stereocenters. The average molecular weight is 468 g/mol. The molecule has 1 aliphatic heterocycles. The molecule has 34 heavy (non-hydrogen) atoms. The van der Waals surface area contributed by atoms with Crippen LogP contribution < -0.4 is 16.0 Å². The Morgan fingerprint density at radius 3 is 2.62 bits per heavy atom. The molecule has 0 spiro atoms. The Morgan fingerprint density at radius 2 is 1.74 bits per heavy atom. The Balaban J connectivity index is 1.46. The lowest BCUT2D eigenvalue weighted by Crippen LogP contribution is -2.07. The van der Waals surface area contributed by atoms with E-state index in [0.29, 0.717) is 16.8 Å². The second-order valence-corrected chi connectivity index (χ2v) is 8.40. The predicted octanol–water partition coefficient (Wildman–Crippen LogP) is 6.37. The molecule has 0 aliphatic carbocycles. The third-order valence-corrected chi connectivity index (χ3v) is 5.65. The molecular weight excluding hydrogens is 446 g/mol. The largest absolute Gasteiger partial charge is 0.339 e. The number of aromatic nitrogens is 2. The van der Waals surface area contributed by atoms with Crippen LogP contribution in [0, 0.1) is 0 Å². The first-order valence-electron chi connectivity index (χ1n) is 10.9. The summed E-state index contributed by atoms with van der Waals surface area (Å²) in [7, 11) is 0. The van der Waals surface area contributed by atoms with E-state index in [9.17, 15) is 4.79 Å². The number of fused-ring (bicyclic) bond motifs is 6. The second-order valence-electron chi connectivity index (χ2n) is 7.99. The van der Waals surface area contributed by atoms with Crippen LogP contribution in [-0.4, -0.2) is 15.9 Å². The molecule has 1 aliphatic rings. The quantitative estimate of drug-likeness (QED) is 0.305. The fourth-order valence-electron chi connectivity index (χ4n) is 3.78. The Bertz CT molecular complexity index is 1370. The molecule has 7 heteroatoms. The Hall–Kier alpha value is -4.16. The maximum atomic E-state index is 12.4. The van der Waals surface area contributed by atoms with E-state index >= 15 is 0 Å². The average Bonchev–Trinajstić information content (AvgIpc) is 2.84. The van der Waals surface area contributed by atoms with Crippen LogP contribution in [0.3, 0.4) is 0 Å². The standard InChI is InChI=1S/C27H22ClN5O/c28-24-17-29-27-32-22-8-4-5-18(14-22)9-10-19-13-20(16-23(15-19)31-26(24)33-27)11-12-25(34)30-21-6-2-1-3-7-21/h1-8,11-17H,9-10H2,(H,30,34)(H2,29,31,32,33)/b12-11+. The van der Waals surface area contributed by atoms with Gasteiger partial charge in [0.2, 0.25) is 11.9 Å². The number of rotatable bonds is 3. The van der Waals surface area contributed by atoms with Crippen molar-refractivity contribution in [3.63, 3.8) is 0 Å². The van der Waals surface area contributed by atoms with Gasteiger partial charge in [-0.2, -0.15) is 4.98 Å². The maximum absolute atomic E-state index is 12.4. The van der Waals surface area contributed by atoms with Crippen LogP contribution in [0.4, 0.5) is 28.8 Å². The van der Waals surface area contributed by atoms with Gasteiger partial charge in [0, 0.05) is 23.1 Å². The van der Waals surface area contributed by atoms with E-state index in [0.717, 1.165) is 41.0 Å². The van der Waals surface area contributed by atoms with Crippen molar-refractivity contribution >= 4 is 52.4 Å². The van der Waals surface area contributed by atoms with E-state index in [1.165, 1.54) is 11.6 Å². The van der Waals surface area contributed by atoms with Gasteiger partial charge in [0.05, 0.1) is 6.20 Å². The number of hydrogen-bond acceptors (Lipinski definition) is 5. The monoisotopic (exact) mass is 467 g/mol. The van der Waals surface area contributed by atoms with Gasteiger partial charge in [-0.05, 0) is 72.0 Å². The summed E-state index contributed by atoms with van der Waals surface area (Å²) in [4.78, 5) is 21.2. The SMILES string of the molecule is O=C(/C=C/c1cc2cc(c1)Nc1nc(ncc1Cl)Nc1cccc(c1)CC2)Nc1ccccc1. The molecule has 6 bridgehead atoms. The molecule has 168 valence electrons. The van der Waals surface area contributed by atoms with Crippen LogP contribution in [0.5, 0.6) is 0 Å². The fraction of sp³-hybridized carbons (Fsp3) is 0.0741. The highest BCUT2D eigenvalue weighted by molar-refractivity contribution is 6.32. The molecular formula is C27H22ClN5O. The molecule has 0 saturated heterocycles. The number of carbonyl (C=O) groups excluding carboxylic acids is 1. The van der Waals surface area contributed by atoms with Crippen LogP contribution in [0.15, 0.2) is 85.1 Å². The van der Waals surface area contributed by atoms with Crippen molar-refractivity contribution in [2.75, 3.05) is 16.0 Å². The summed E-state index contributed by atoms with van der Waals surface area (Å²) < 4.78 is 0. The van der Waals surface area contributed by atoms with E-state index in [2.05, 4.69) is 50.2 Å². The van der Waals surface area contributed by atoms with E-state index in [4.69, 9.17) is 11.6 Å². The van der Waals surface area contributed by atoms with Crippen molar-refractivity contribution in [3.05, 3.63) is 107 Å². The zero-order chi connectivity index (χ0) is 23.3. The topological polar surface area (TPSA) is 78.9 Å². The third kappa shape index (κ3) is 5.42. The van der Waals surface area contributed by atoms with Gasteiger partial charge in [-0.1, -0.05) is 48.0 Å². The van der Waals surface area contributed by atoms with Crippen LogP contribution >= 0.6 is 11.6 Å². The number of hydrogen-bond donors (Lipinski definition) is 3. The molecule has 0 unspecified atom stereocenters. The van der Waals surface area contributed by atoms with Crippen molar-refractivity contribution in [1.29, 1.82) is 0 Å². The zero-order valence-electron chi connectivity index (χ0n) is 18.3. The van der Waals surface area contributed by atoms with Crippen molar-refractivity contribution in [1.82, 2.24) is 9.97 Å². The van der Waals surface area contributed by atoms with Crippen LogP contribution in [0.2, 0.25) is 5.02 Å². The van der Waals surface area contributed by atoms with E-state index < -0.39 is 0 Å². The molecule has 0 radical (unpaired) electrons. The first-order chi connectivity index (χ1) is 16.6. The molecule has 5 rings (SSSR count). The smallest absolute Gasteiger partial charge is 0.248 e. The van der Waals surface area contributed by atoms with E-state index in [1.807, 2.05) is 48.5 Å². The van der Waals surface area contributed by atoms with Crippen molar-refractivity contribution in [2.45, 2.75) is 12.8 Å². The van der Waals surface area contributed by atoms with Gasteiger partial charge >= 0.3 is 0 Å². The molecule has 6 nitrogen and oxygen atoms in total. The van der Waals surface area contributed by atoms with Crippen molar-refractivity contribution in [3.8, 4) is 0 Å².